The standard InChI is InChI=1S/C16H25NO2/c1-12-10-11-19-16(12)15(17-2)9-6-13-4-7-14(18-3)8-5-13/h4-5,7-8,12,15-17H,6,9-11H2,1-3H3. The fourth-order valence-electron chi connectivity index (χ4n) is 2.82. The van der Waals surface area contributed by atoms with E-state index < -0.39 is 0 Å². The highest BCUT2D eigenvalue weighted by atomic mass is 16.5. The van der Waals surface area contributed by atoms with Gasteiger partial charge in [-0.05, 0) is 49.9 Å². The molecule has 1 N–H and O–H groups in total. The average Bonchev–Trinajstić information content (AvgIpc) is 2.87. The maximum Gasteiger partial charge on any atom is 0.118 e. The number of nitrogens with one attached hydrogen (secondary N) is 1. The van der Waals surface area contributed by atoms with Crippen LogP contribution in [0.15, 0.2) is 24.3 Å². The average molecular weight is 263 g/mol. The van der Waals surface area contributed by atoms with E-state index in [4.69, 9.17) is 9.47 Å². The third-order valence-electron chi connectivity index (χ3n) is 4.11. The summed E-state index contributed by atoms with van der Waals surface area (Å²) in [5.74, 6) is 1.58. The fraction of sp³-hybridized carbons (Fsp3) is 0.625. The molecule has 3 unspecified atom stereocenters. The van der Waals surface area contributed by atoms with Crippen LogP contribution in [-0.4, -0.2) is 32.9 Å². The Morgan fingerprint density at radius 2 is 2.11 bits per heavy atom. The summed E-state index contributed by atoms with van der Waals surface area (Å²) in [6, 6.07) is 8.78. The van der Waals surface area contributed by atoms with E-state index >= 15 is 0 Å². The van der Waals surface area contributed by atoms with Crippen molar-refractivity contribution in [1.82, 2.24) is 5.32 Å². The van der Waals surface area contributed by atoms with E-state index in [2.05, 4.69) is 24.4 Å². The van der Waals surface area contributed by atoms with Gasteiger partial charge in [-0.25, -0.2) is 0 Å². The first-order valence-electron chi connectivity index (χ1n) is 7.16. The van der Waals surface area contributed by atoms with Gasteiger partial charge >= 0.3 is 0 Å². The van der Waals surface area contributed by atoms with Crippen LogP contribution in [0.5, 0.6) is 5.75 Å². The molecule has 0 aliphatic carbocycles. The van der Waals surface area contributed by atoms with Gasteiger partial charge in [0.15, 0.2) is 0 Å². The Morgan fingerprint density at radius 3 is 2.63 bits per heavy atom. The number of hydrogen-bond acceptors (Lipinski definition) is 3. The van der Waals surface area contributed by atoms with Crippen LogP contribution in [0, 0.1) is 5.92 Å². The predicted molar refractivity (Wildman–Crippen MR) is 77.7 cm³/mol. The lowest BCUT2D eigenvalue weighted by Crippen LogP contribution is -2.40. The van der Waals surface area contributed by atoms with Crippen molar-refractivity contribution in [1.29, 1.82) is 0 Å². The Labute approximate surface area is 116 Å². The van der Waals surface area contributed by atoms with Crippen LogP contribution in [0.4, 0.5) is 0 Å². The Bertz CT molecular complexity index is 377. The lowest BCUT2D eigenvalue weighted by atomic mass is 9.93. The van der Waals surface area contributed by atoms with Gasteiger partial charge in [0.2, 0.25) is 0 Å². The SMILES string of the molecule is CNC(CCc1ccc(OC)cc1)C1OCCC1C. The molecule has 0 bridgehead atoms. The normalized spacial score (nSPS) is 24.4. The van der Waals surface area contributed by atoms with Crippen molar-refractivity contribution < 1.29 is 9.47 Å². The van der Waals surface area contributed by atoms with Crippen LogP contribution in [0.2, 0.25) is 0 Å². The molecular formula is C16H25NO2. The summed E-state index contributed by atoms with van der Waals surface area (Å²) in [6.07, 6.45) is 3.73. The second kappa shape index (κ2) is 6.92. The van der Waals surface area contributed by atoms with Gasteiger partial charge in [0.1, 0.15) is 5.75 Å². The lowest BCUT2D eigenvalue weighted by Gasteiger charge is -2.25. The van der Waals surface area contributed by atoms with E-state index in [0.29, 0.717) is 18.1 Å². The highest BCUT2D eigenvalue weighted by molar-refractivity contribution is 5.27. The molecule has 3 atom stereocenters. The zero-order valence-corrected chi connectivity index (χ0v) is 12.2. The van der Waals surface area contributed by atoms with E-state index in [1.54, 1.807) is 7.11 Å². The number of methoxy groups -OCH3 is 1. The number of ether oxygens (including phenoxy) is 2. The summed E-state index contributed by atoms with van der Waals surface area (Å²) >= 11 is 0. The van der Waals surface area contributed by atoms with E-state index in [1.807, 2.05) is 19.2 Å². The van der Waals surface area contributed by atoms with Gasteiger partial charge in [0, 0.05) is 12.6 Å². The third kappa shape index (κ3) is 3.71. The molecule has 106 valence electrons. The van der Waals surface area contributed by atoms with Crippen LogP contribution < -0.4 is 10.1 Å². The van der Waals surface area contributed by atoms with Crippen molar-refractivity contribution in [2.45, 2.75) is 38.3 Å². The number of aryl methyl sites for hydroxylation is 1. The molecule has 1 aromatic carbocycles. The van der Waals surface area contributed by atoms with Crippen molar-refractivity contribution in [2.75, 3.05) is 20.8 Å². The molecule has 0 amide bonds. The molecule has 2 rings (SSSR count). The molecule has 1 fully saturated rings. The molecule has 0 radical (unpaired) electrons. The highest BCUT2D eigenvalue weighted by Crippen LogP contribution is 2.25. The van der Waals surface area contributed by atoms with Gasteiger partial charge in [-0.15, -0.1) is 0 Å². The molecule has 1 aliphatic heterocycles. The third-order valence-corrected chi connectivity index (χ3v) is 4.11. The number of benzene rings is 1. The Morgan fingerprint density at radius 1 is 1.37 bits per heavy atom. The van der Waals surface area contributed by atoms with Crippen molar-refractivity contribution in [3.63, 3.8) is 0 Å². The number of rotatable bonds is 6. The van der Waals surface area contributed by atoms with Gasteiger partial charge in [-0.3, -0.25) is 0 Å². The summed E-state index contributed by atoms with van der Waals surface area (Å²) < 4.78 is 11.0. The minimum atomic E-state index is 0.364. The van der Waals surface area contributed by atoms with Crippen LogP contribution in [0.1, 0.15) is 25.3 Å². The zero-order valence-electron chi connectivity index (χ0n) is 12.2. The summed E-state index contributed by atoms with van der Waals surface area (Å²) in [6.45, 7) is 3.20. The summed E-state index contributed by atoms with van der Waals surface area (Å²) in [7, 11) is 3.73. The molecule has 1 saturated heterocycles. The first-order valence-corrected chi connectivity index (χ1v) is 7.16. The van der Waals surface area contributed by atoms with Crippen molar-refractivity contribution in [3.8, 4) is 5.75 Å². The highest BCUT2D eigenvalue weighted by Gasteiger charge is 2.30. The van der Waals surface area contributed by atoms with Crippen molar-refractivity contribution in [3.05, 3.63) is 29.8 Å². The zero-order chi connectivity index (χ0) is 13.7. The van der Waals surface area contributed by atoms with Gasteiger partial charge < -0.3 is 14.8 Å². The summed E-state index contributed by atoms with van der Waals surface area (Å²) in [4.78, 5) is 0. The van der Waals surface area contributed by atoms with Gasteiger partial charge in [0.05, 0.1) is 13.2 Å². The van der Waals surface area contributed by atoms with E-state index in [-0.39, 0.29) is 0 Å². The molecule has 0 spiro atoms. The minimum Gasteiger partial charge on any atom is -0.497 e. The predicted octanol–water partition coefficient (Wildman–Crippen LogP) is 2.64. The second-order valence-electron chi connectivity index (χ2n) is 5.38. The summed E-state index contributed by atoms with van der Waals surface area (Å²) in [5.41, 5.74) is 1.35. The monoisotopic (exact) mass is 263 g/mol. The van der Waals surface area contributed by atoms with Crippen LogP contribution >= 0.6 is 0 Å². The molecule has 0 aromatic heterocycles. The maximum absolute atomic E-state index is 5.86. The first-order chi connectivity index (χ1) is 9.24. The van der Waals surface area contributed by atoms with Crippen LogP contribution in [0.3, 0.4) is 0 Å². The fourth-order valence-corrected chi connectivity index (χ4v) is 2.82. The summed E-state index contributed by atoms with van der Waals surface area (Å²) in [5, 5.41) is 3.42. The molecule has 1 aliphatic rings. The van der Waals surface area contributed by atoms with Gasteiger partial charge in [-0.2, -0.15) is 0 Å². The van der Waals surface area contributed by atoms with Crippen molar-refractivity contribution >= 4 is 0 Å². The molecule has 3 heteroatoms. The largest absolute Gasteiger partial charge is 0.497 e. The van der Waals surface area contributed by atoms with Crippen LogP contribution in [0.25, 0.3) is 0 Å². The Kier molecular flexibility index (Phi) is 5.23. The lowest BCUT2D eigenvalue weighted by molar-refractivity contribution is 0.0608. The molecular weight excluding hydrogens is 238 g/mol. The molecule has 1 aromatic rings. The molecule has 1 heterocycles. The van der Waals surface area contributed by atoms with Gasteiger partial charge in [0.25, 0.3) is 0 Å². The quantitative estimate of drug-likeness (QED) is 0.856. The number of likely N-dealkylation sites (N-methyl/N-ethyl adjacent to an activating group) is 1. The number of hydrogen-bond donors (Lipinski definition) is 1. The van der Waals surface area contributed by atoms with E-state index in [9.17, 15) is 0 Å². The Hall–Kier alpha value is -1.06. The van der Waals surface area contributed by atoms with Crippen LogP contribution in [-0.2, 0) is 11.2 Å². The minimum absolute atomic E-state index is 0.364. The Balaban J connectivity index is 1.88. The second-order valence-corrected chi connectivity index (χ2v) is 5.38. The molecule has 3 nitrogen and oxygen atoms in total. The van der Waals surface area contributed by atoms with E-state index in [0.717, 1.165) is 25.2 Å². The smallest absolute Gasteiger partial charge is 0.118 e. The van der Waals surface area contributed by atoms with E-state index in [1.165, 1.54) is 12.0 Å². The van der Waals surface area contributed by atoms with Gasteiger partial charge in [-0.1, -0.05) is 19.1 Å². The first kappa shape index (κ1) is 14.4. The van der Waals surface area contributed by atoms with Crippen molar-refractivity contribution in [2.24, 2.45) is 5.92 Å². The molecule has 19 heavy (non-hydrogen) atoms. The topological polar surface area (TPSA) is 30.5 Å². The molecule has 0 saturated carbocycles. The maximum atomic E-state index is 5.86.